The van der Waals surface area contributed by atoms with E-state index < -0.39 is 0 Å². The highest BCUT2D eigenvalue weighted by Crippen LogP contribution is 2.19. The van der Waals surface area contributed by atoms with E-state index in [1.807, 2.05) is 6.07 Å². The molecule has 0 aromatic heterocycles. The molecule has 2 aromatic rings. The predicted molar refractivity (Wildman–Crippen MR) is 101 cm³/mol. The van der Waals surface area contributed by atoms with Crippen LogP contribution in [-0.4, -0.2) is 5.11 Å². The summed E-state index contributed by atoms with van der Waals surface area (Å²) in [6.45, 7) is 6.39. The van der Waals surface area contributed by atoms with Gasteiger partial charge in [-0.1, -0.05) is 37.6 Å². The number of unbranched alkanes of at least 4 members (excludes halogenated alkanes) is 1. The lowest BCUT2D eigenvalue weighted by molar-refractivity contribution is 0.796. The Morgan fingerprint density at radius 3 is 2.36 bits per heavy atom. The zero-order chi connectivity index (χ0) is 15.9. The van der Waals surface area contributed by atoms with Gasteiger partial charge in [0.25, 0.3) is 0 Å². The van der Waals surface area contributed by atoms with Crippen LogP contribution in [0.2, 0.25) is 0 Å². The Morgan fingerprint density at radius 1 is 1.00 bits per heavy atom. The Labute approximate surface area is 139 Å². The molecule has 0 aliphatic rings. The van der Waals surface area contributed by atoms with Crippen LogP contribution in [0.25, 0.3) is 0 Å². The molecule has 0 bridgehead atoms. The van der Waals surface area contributed by atoms with Crippen molar-refractivity contribution in [3.8, 4) is 0 Å². The van der Waals surface area contributed by atoms with Gasteiger partial charge in [-0.3, -0.25) is 0 Å². The molecule has 0 saturated carbocycles. The van der Waals surface area contributed by atoms with Gasteiger partial charge in [0.2, 0.25) is 0 Å². The van der Waals surface area contributed by atoms with Crippen LogP contribution in [0.15, 0.2) is 42.5 Å². The number of benzene rings is 2. The number of anilines is 2. The van der Waals surface area contributed by atoms with E-state index in [0.717, 1.165) is 17.8 Å². The fourth-order valence-corrected chi connectivity index (χ4v) is 2.79. The average Bonchev–Trinajstić information content (AvgIpc) is 2.45. The van der Waals surface area contributed by atoms with Crippen molar-refractivity contribution in [3.63, 3.8) is 0 Å². The molecular formula is C19H24N2S. The number of nitrogens with one attached hydrogen (secondary N) is 2. The molecule has 0 saturated heterocycles. The first-order chi connectivity index (χ1) is 10.6. The lowest BCUT2D eigenvalue weighted by Gasteiger charge is -2.14. The predicted octanol–water partition coefficient (Wildman–Crippen LogP) is 5.45. The molecular weight excluding hydrogens is 288 g/mol. The molecule has 0 unspecified atom stereocenters. The van der Waals surface area contributed by atoms with Gasteiger partial charge in [-0.15, -0.1) is 0 Å². The first kappa shape index (κ1) is 16.5. The van der Waals surface area contributed by atoms with E-state index in [0.29, 0.717) is 5.11 Å². The van der Waals surface area contributed by atoms with Crippen LogP contribution in [0.4, 0.5) is 11.4 Å². The van der Waals surface area contributed by atoms with Gasteiger partial charge in [-0.25, -0.2) is 0 Å². The third-order valence-electron chi connectivity index (χ3n) is 3.54. The first-order valence-corrected chi connectivity index (χ1v) is 8.23. The summed E-state index contributed by atoms with van der Waals surface area (Å²) in [5.74, 6) is 0. The van der Waals surface area contributed by atoms with Crippen LogP contribution in [-0.2, 0) is 6.42 Å². The van der Waals surface area contributed by atoms with Crippen molar-refractivity contribution in [2.24, 2.45) is 0 Å². The number of rotatable bonds is 5. The molecule has 0 radical (unpaired) electrons. The van der Waals surface area contributed by atoms with E-state index in [1.54, 1.807) is 0 Å². The maximum absolute atomic E-state index is 5.45. The minimum Gasteiger partial charge on any atom is -0.332 e. The quantitative estimate of drug-likeness (QED) is 0.717. The number of aryl methyl sites for hydroxylation is 3. The second-order valence-corrected chi connectivity index (χ2v) is 6.12. The molecule has 0 atom stereocenters. The maximum Gasteiger partial charge on any atom is 0.175 e. The molecule has 116 valence electrons. The standard InChI is InChI=1S/C19H24N2S/c1-4-5-8-16-9-6-7-10-18(16)21-19(22)20-17-12-14(2)11-15(3)13-17/h6-7,9-13H,4-5,8H2,1-3H3,(H2,20,21,22). The molecule has 2 rings (SSSR count). The topological polar surface area (TPSA) is 24.1 Å². The van der Waals surface area contributed by atoms with Crippen LogP contribution in [0.3, 0.4) is 0 Å². The van der Waals surface area contributed by atoms with Gasteiger partial charge in [-0.2, -0.15) is 0 Å². The van der Waals surface area contributed by atoms with Crippen LogP contribution in [0.5, 0.6) is 0 Å². The molecule has 22 heavy (non-hydrogen) atoms. The second kappa shape index (κ2) is 7.95. The summed E-state index contributed by atoms with van der Waals surface area (Å²) in [6.07, 6.45) is 3.46. The molecule has 2 N–H and O–H groups in total. The van der Waals surface area contributed by atoms with Gasteiger partial charge in [0.05, 0.1) is 0 Å². The number of hydrogen-bond donors (Lipinski definition) is 2. The second-order valence-electron chi connectivity index (χ2n) is 5.72. The highest BCUT2D eigenvalue weighted by Gasteiger charge is 2.04. The van der Waals surface area contributed by atoms with Crippen molar-refractivity contribution in [1.82, 2.24) is 0 Å². The number of para-hydroxylation sites is 1. The molecule has 0 heterocycles. The summed E-state index contributed by atoms with van der Waals surface area (Å²) < 4.78 is 0. The normalized spacial score (nSPS) is 10.3. The highest BCUT2D eigenvalue weighted by molar-refractivity contribution is 7.80. The zero-order valence-electron chi connectivity index (χ0n) is 13.6. The van der Waals surface area contributed by atoms with Crippen molar-refractivity contribution < 1.29 is 0 Å². The molecule has 0 aliphatic carbocycles. The Hall–Kier alpha value is -1.87. The third kappa shape index (κ3) is 4.85. The maximum atomic E-state index is 5.45. The van der Waals surface area contributed by atoms with E-state index in [2.05, 4.69) is 67.8 Å². The van der Waals surface area contributed by atoms with E-state index >= 15 is 0 Å². The van der Waals surface area contributed by atoms with Gasteiger partial charge in [-0.05, 0) is 73.8 Å². The Morgan fingerprint density at radius 2 is 1.68 bits per heavy atom. The largest absolute Gasteiger partial charge is 0.332 e. The lowest BCUT2D eigenvalue weighted by atomic mass is 10.1. The number of hydrogen-bond acceptors (Lipinski definition) is 1. The van der Waals surface area contributed by atoms with Crippen molar-refractivity contribution in [3.05, 3.63) is 59.2 Å². The van der Waals surface area contributed by atoms with E-state index in [1.165, 1.54) is 29.5 Å². The van der Waals surface area contributed by atoms with Crippen molar-refractivity contribution in [2.45, 2.75) is 40.0 Å². The van der Waals surface area contributed by atoms with Gasteiger partial charge in [0, 0.05) is 11.4 Å². The van der Waals surface area contributed by atoms with Crippen LogP contribution < -0.4 is 10.6 Å². The summed E-state index contributed by atoms with van der Waals surface area (Å²) in [4.78, 5) is 0. The average molecular weight is 312 g/mol. The van der Waals surface area contributed by atoms with Crippen molar-refractivity contribution in [1.29, 1.82) is 0 Å². The van der Waals surface area contributed by atoms with Crippen LogP contribution >= 0.6 is 12.2 Å². The Bertz CT molecular complexity index is 629. The fraction of sp³-hybridized carbons (Fsp3) is 0.316. The third-order valence-corrected chi connectivity index (χ3v) is 3.75. The highest BCUT2D eigenvalue weighted by atomic mass is 32.1. The Kier molecular flexibility index (Phi) is 5.96. The van der Waals surface area contributed by atoms with Gasteiger partial charge < -0.3 is 10.6 Å². The minimum absolute atomic E-state index is 0.633. The molecule has 0 amide bonds. The van der Waals surface area contributed by atoms with E-state index in [9.17, 15) is 0 Å². The summed E-state index contributed by atoms with van der Waals surface area (Å²) >= 11 is 5.45. The molecule has 0 aliphatic heterocycles. The monoisotopic (exact) mass is 312 g/mol. The summed E-state index contributed by atoms with van der Waals surface area (Å²) in [7, 11) is 0. The smallest absolute Gasteiger partial charge is 0.175 e. The summed E-state index contributed by atoms with van der Waals surface area (Å²) in [5.41, 5.74) is 5.90. The first-order valence-electron chi connectivity index (χ1n) is 7.82. The molecule has 3 heteroatoms. The van der Waals surface area contributed by atoms with Crippen LogP contribution in [0.1, 0.15) is 36.5 Å². The van der Waals surface area contributed by atoms with Crippen molar-refractivity contribution >= 4 is 28.7 Å². The molecule has 2 aromatic carbocycles. The van der Waals surface area contributed by atoms with Gasteiger partial charge >= 0.3 is 0 Å². The zero-order valence-corrected chi connectivity index (χ0v) is 14.4. The van der Waals surface area contributed by atoms with Gasteiger partial charge in [0.1, 0.15) is 0 Å². The molecule has 0 fully saturated rings. The van der Waals surface area contributed by atoms with E-state index in [-0.39, 0.29) is 0 Å². The summed E-state index contributed by atoms with van der Waals surface area (Å²) in [6, 6.07) is 14.7. The van der Waals surface area contributed by atoms with E-state index in [4.69, 9.17) is 12.2 Å². The van der Waals surface area contributed by atoms with Crippen LogP contribution in [0, 0.1) is 13.8 Å². The number of thiocarbonyl (C=S) groups is 1. The molecule has 0 spiro atoms. The Balaban J connectivity index is 2.05. The minimum atomic E-state index is 0.633. The van der Waals surface area contributed by atoms with Crippen molar-refractivity contribution in [2.75, 3.05) is 10.6 Å². The lowest BCUT2D eigenvalue weighted by Crippen LogP contribution is -2.20. The SMILES string of the molecule is CCCCc1ccccc1NC(=S)Nc1cc(C)cc(C)c1. The van der Waals surface area contributed by atoms with Gasteiger partial charge in [0.15, 0.2) is 5.11 Å². The molecule has 2 nitrogen and oxygen atoms in total. The summed E-state index contributed by atoms with van der Waals surface area (Å²) in [5, 5.41) is 7.24. The fourth-order valence-electron chi connectivity index (χ4n) is 2.56.